The molecule has 5 fully saturated rings. The second-order valence-electron chi connectivity index (χ2n) is 8.60. The largest absolute Gasteiger partial charge is 0.351 e. The molecule has 4 saturated carbocycles. The molecule has 1 aromatic heterocycles. The fourth-order valence-electron chi connectivity index (χ4n) is 6.25. The standard InChI is InChI=1S/C20H26N2O2S/c23-19(16-3-1-5-22(16)20(24)17-4-2-6-25-17)21-18-14-8-12-7-13(10-14)11-15(18)9-12/h2,4,6,12-16,18H,1,3,5,7-11H2,(H,21,23). The molecule has 6 rings (SSSR count). The summed E-state index contributed by atoms with van der Waals surface area (Å²) in [7, 11) is 0. The van der Waals surface area contributed by atoms with Gasteiger partial charge in [-0.05, 0) is 80.1 Å². The Labute approximate surface area is 153 Å². The fraction of sp³-hybridized carbons (Fsp3) is 0.700. The molecule has 0 aromatic carbocycles. The third kappa shape index (κ3) is 2.71. The molecule has 4 bridgehead atoms. The van der Waals surface area contributed by atoms with Crippen molar-refractivity contribution in [3.8, 4) is 0 Å². The lowest BCUT2D eigenvalue weighted by Crippen LogP contribution is -2.58. The van der Waals surface area contributed by atoms with Crippen LogP contribution in [0.3, 0.4) is 0 Å². The summed E-state index contributed by atoms with van der Waals surface area (Å²) in [5.74, 6) is 3.32. The number of carbonyl (C=O) groups excluding carboxylic acids is 2. The van der Waals surface area contributed by atoms with Crippen LogP contribution in [0, 0.1) is 23.7 Å². The van der Waals surface area contributed by atoms with E-state index in [9.17, 15) is 9.59 Å². The average Bonchev–Trinajstić information content (AvgIpc) is 3.27. The first kappa shape index (κ1) is 15.9. The van der Waals surface area contributed by atoms with Crippen molar-refractivity contribution in [2.75, 3.05) is 6.54 Å². The van der Waals surface area contributed by atoms with Crippen LogP contribution >= 0.6 is 11.3 Å². The van der Waals surface area contributed by atoms with Gasteiger partial charge in [-0.25, -0.2) is 0 Å². The van der Waals surface area contributed by atoms with Crippen molar-refractivity contribution in [2.24, 2.45) is 23.7 Å². The highest BCUT2D eigenvalue weighted by atomic mass is 32.1. The summed E-state index contributed by atoms with van der Waals surface area (Å²) in [5.41, 5.74) is 0. The summed E-state index contributed by atoms with van der Waals surface area (Å²) in [5, 5.41) is 5.33. The second kappa shape index (κ2) is 6.11. The highest BCUT2D eigenvalue weighted by Crippen LogP contribution is 2.53. The zero-order valence-electron chi connectivity index (χ0n) is 14.5. The first-order valence-corrected chi connectivity index (χ1v) is 10.7. The van der Waals surface area contributed by atoms with Crippen molar-refractivity contribution < 1.29 is 9.59 Å². The number of nitrogens with zero attached hydrogens (tertiary/aromatic N) is 1. The SMILES string of the molecule is O=C(NC1C2CC3CC(C2)CC1C3)C1CCCN1C(=O)c1cccs1. The van der Waals surface area contributed by atoms with Gasteiger partial charge in [-0.3, -0.25) is 9.59 Å². The lowest BCUT2D eigenvalue weighted by molar-refractivity contribution is -0.128. The van der Waals surface area contributed by atoms with Gasteiger partial charge in [0, 0.05) is 12.6 Å². The van der Waals surface area contributed by atoms with Gasteiger partial charge in [0.2, 0.25) is 5.91 Å². The number of hydrogen-bond donors (Lipinski definition) is 1. The first-order valence-electron chi connectivity index (χ1n) is 9.84. The van der Waals surface area contributed by atoms with Gasteiger partial charge in [0.1, 0.15) is 6.04 Å². The van der Waals surface area contributed by atoms with E-state index in [1.807, 2.05) is 17.5 Å². The Morgan fingerprint density at radius 2 is 1.80 bits per heavy atom. The van der Waals surface area contributed by atoms with Crippen LogP contribution in [-0.4, -0.2) is 35.3 Å². The van der Waals surface area contributed by atoms with E-state index >= 15 is 0 Å². The molecule has 0 spiro atoms. The smallest absolute Gasteiger partial charge is 0.264 e. The highest BCUT2D eigenvalue weighted by Gasteiger charge is 2.49. The Bertz CT molecular complexity index is 643. The maximum Gasteiger partial charge on any atom is 0.264 e. The third-order valence-corrected chi connectivity index (χ3v) is 7.94. The van der Waals surface area contributed by atoms with Crippen molar-refractivity contribution in [1.82, 2.24) is 10.2 Å². The number of likely N-dealkylation sites (tertiary alicyclic amines) is 1. The van der Waals surface area contributed by atoms with Crippen LogP contribution in [0.25, 0.3) is 0 Å². The minimum absolute atomic E-state index is 0.0257. The maximum absolute atomic E-state index is 13.0. The van der Waals surface area contributed by atoms with Crippen LogP contribution in [0.2, 0.25) is 0 Å². The zero-order chi connectivity index (χ0) is 17.0. The predicted molar refractivity (Wildman–Crippen MR) is 97.4 cm³/mol. The van der Waals surface area contributed by atoms with Crippen molar-refractivity contribution in [2.45, 2.75) is 57.0 Å². The molecule has 5 aliphatic rings. The Morgan fingerprint density at radius 1 is 1.08 bits per heavy atom. The topological polar surface area (TPSA) is 49.4 Å². The number of nitrogens with one attached hydrogen (secondary N) is 1. The molecule has 1 aliphatic heterocycles. The second-order valence-corrected chi connectivity index (χ2v) is 9.55. The Hall–Kier alpha value is -1.36. The highest BCUT2D eigenvalue weighted by molar-refractivity contribution is 7.12. The van der Waals surface area contributed by atoms with E-state index in [-0.39, 0.29) is 17.9 Å². The lowest BCUT2D eigenvalue weighted by Gasteiger charge is -2.54. The maximum atomic E-state index is 13.0. The monoisotopic (exact) mass is 358 g/mol. The Balaban J connectivity index is 1.28. The molecule has 4 aliphatic carbocycles. The van der Waals surface area contributed by atoms with Crippen LogP contribution in [-0.2, 0) is 4.79 Å². The number of amides is 2. The zero-order valence-corrected chi connectivity index (χ0v) is 15.3. The first-order chi connectivity index (χ1) is 12.2. The van der Waals surface area contributed by atoms with E-state index in [1.54, 1.807) is 4.90 Å². The Kier molecular flexibility index (Phi) is 3.88. The molecule has 1 aromatic rings. The number of carbonyl (C=O) groups is 2. The quantitative estimate of drug-likeness (QED) is 0.901. The van der Waals surface area contributed by atoms with Gasteiger partial charge in [-0.1, -0.05) is 6.07 Å². The molecular formula is C20H26N2O2S. The van der Waals surface area contributed by atoms with Crippen LogP contribution < -0.4 is 5.32 Å². The van der Waals surface area contributed by atoms with Gasteiger partial charge in [0.15, 0.2) is 0 Å². The number of thiophene rings is 1. The number of hydrogen-bond acceptors (Lipinski definition) is 3. The van der Waals surface area contributed by atoms with E-state index < -0.39 is 0 Å². The van der Waals surface area contributed by atoms with E-state index in [0.717, 1.165) is 29.6 Å². The van der Waals surface area contributed by atoms with Gasteiger partial charge in [-0.2, -0.15) is 0 Å². The van der Waals surface area contributed by atoms with Crippen molar-refractivity contribution in [3.63, 3.8) is 0 Å². The molecule has 1 saturated heterocycles. The molecule has 4 nitrogen and oxygen atoms in total. The molecule has 2 heterocycles. The molecule has 1 atom stereocenters. The van der Waals surface area contributed by atoms with E-state index in [2.05, 4.69) is 5.32 Å². The minimum Gasteiger partial charge on any atom is -0.351 e. The fourth-order valence-corrected chi connectivity index (χ4v) is 6.92. The molecule has 25 heavy (non-hydrogen) atoms. The molecule has 1 N–H and O–H groups in total. The van der Waals surface area contributed by atoms with E-state index in [1.165, 1.54) is 43.4 Å². The predicted octanol–water partition coefficient (Wildman–Crippen LogP) is 3.29. The van der Waals surface area contributed by atoms with Crippen molar-refractivity contribution in [1.29, 1.82) is 0 Å². The minimum atomic E-state index is -0.271. The van der Waals surface area contributed by atoms with Crippen LogP contribution in [0.4, 0.5) is 0 Å². The van der Waals surface area contributed by atoms with Crippen LogP contribution in [0.1, 0.15) is 54.6 Å². The van der Waals surface area contributed by atoms with Gasteiger partial charge in [0.25, 0.3) is 5.91 Å². The van der Waals surface area contributed by atoms with Crippen LogP contribution in [0.5, 0.6) is 0 Å². The van der Waals surface area contributed by atoms with Crippen molar-refractivity contribution >= 4 is 23.2 Å². The van der Waals surface area contributed by atoms with Crippen molar-refractivity contribution in [3.05, 3.63) is 22.4 Å². The average molecular weight is 359 g/mol. The van der Waals surface area contributed by atoms with Crippen LogP contribution in [0.15, 0.2) is 17.5 Å². The van der Waals surface area contributed by atoms with Gasteiger partial charge in [-0.15, -0.1) is 11.3 Å². The van der Waals surface area contributed by atoms with Gasteiger partial charge < -0.3 is 10.2 Å². The summed E-state index contributed by atoms with van der Waals surface area (Å²) in [6.07, 6.45) is 8.38. The van der Waals surface area contributed by atoms with Gasteiger partial charge >= 0.3 is 0 Å². The summed E-state index contributed by atoms with van der Waals surface area (Å²) < 4.78 is 0. The molecule has 5 heteroatoms. The number of rotatable bonds is 3. The lowest BCUT2D eigenvalue weighted by atomic mass is 9.54. The summed E-state index contributed by atoms with van der Waals surface area (Å²) in [4.78, 5) is 28.3. The molecule has 1 unspecified atom stereocenters. The van der Waals surface area contributed by atoms with Gasteiger partial charge in [0.05, 0.1) is 4.88 Å². The van der Waals surface area contributed by atoms with E-state index in [4.69, 9.17) is 0 Å². The molecule has 134 valence electrons. The molecule has 2 amide bonds. The summed E-state index contributed by atoms with van der Waals surface area (Å²) >= 11 is 1.46. The summed E-state index contributed by atoms with van der Waals surface area (Å²) in [6, 6.07) is 3.85. The molecular weight excluding hydrogens is 332 g/mol. The normalized spacial score (nSPS) is 39.0. The Morgan fingerprint density at radius 3 is 2.44 bits per heavy atom. The molecule has 0 radical (unpaired) electrons. The summed E-state index contributed by atoms with van der Waals surface area (Å²) in [6.45, 7) is 0.705. The third-order valence-electron chi connectivity index (χ3n) is 7.08. The van der Waals surface area contributed by atoms with E-state index in [0.29, 0.717) is 24.4 Å².